The van der Waals surface area contributed by atoms with Crippen LogP contribution in [0.25, 0.3) is 0 Å². The van der Waals surface area contributed by atoms with Gasteiger partial charge in [-0.05, 0) is 39.0 Å². The van der Waals surface area contributed by atoms with E-state index < -0.39 is 5.97 Å². The van der Waals surface area contributed by atoms with Crippen LogP contribution in [0, 0.1) is 0 Å². The van der Waals surface area contributed by atoms with E-state index in [9.17, 15) is 9.90 Å². The van der Waals surface area contributed by atoms with Gasteiger partial charge in [-0.2, -0.15) is 0 Å². The minimum Gasteiger partial charge on any atom is -0.481 e. The Morgan fingerprint density at radius 3 is 2.87 bits per heavy atom. The molecule has 0 spiro atoms. The largest absolute Gasteiger partial charge is 0.481 e. The van der Waals surface area contributed by atoms with Crippen molar-refractivity contribution in [1.82, 2.24) is 5.32 Å². The lowest BCUT2D eigenvalue weighted by atomic mass is 9.92. The van der Waals surface area contributed by atoms with Crippen LogP contribution in [-0.4, -0.2) is 34.4 Å². The van der Waals surface area contributed by atoms with E-state index in [2.05, 4.69) is 5.32 Å². The maximum absolute atomic E-state index is 10.4. The average molecular weight is 215 g/mol. The van der Waals surface area contributed by atoms with Gasteiger partial charge in [0.25, 0.3) is 0 Å². The van der Waals surface area contributed by atoms with Crippen LogP contribution in [0.4, 0.5) is 0 Å². The molecular formula is C11H21NO3. The van der Waals surface area contributed by atoms with Crippen LogP contribution in [-0.2, 0) is 4.79 Å². The van der Waals surface area contributed by atoms with Crippen LogP contribution in [0.5, 0.6) is 0 Å². The Labute approximate surface area is 90.7 Å². The number of nitrogens with one attached hydrogen (secondary N) is 1. The zero-order chi connectivity index (χ0) is 11.3. The van der Waals surface area contributed by atoms with Crippen LogP contribution >= 0.6 is 0 Å². The quantitative estimate of drug-likeness (QED) is 0.643. The number of hydrogen-bond acceptors (Lipinski definition) is 3. The Balaban J connectivity index is 2.18. The van der Waals surface area contributed by atoms with Crippen LogP contribution in [0.3, 0.4) is 0 Å². The Bertz CT molecular complexity index is 208. The van der Waals surface area contributed by atoms with Gasteiger partial charge in [0.05, 0.1) is 6.10 Å². The Hall–Kier alpha value is -0.610. The average Bonchev–Trinajstić information content (AvgIpc) is 2.15. The van der Waals surface area contributed by atoms with E-state index in [0.29, 0.717) is 12.5 Å². The minimum absolute atomic E-state index is 0.178. The van der Waals surface area contributed by atoms with Crippen molar-refractivity contribution in [2.24, 2.45) is 0 Å². The molecule has 0 aromatic rings. The number of carbonyl (C=O) groups is 1. The standard InChI is InChI=1S/C11H21NO3/c1-8(5-6-11(14)15)12-9-3-2-4-10(13)7-9/h8-10,12-13H,2-7H2,1H3,(H,14,15). The minimum atomic E-state index is -0.743. The predicted octanol–water partition coefficient (Wildman–Crippen LogP) is 1.13. The van der Waals surface area contributed by atoms with E-state index >= 15 is 0 Å². The highest BCUT2D eigenvalue weighted by Crippen LogP contribution is 2.19. The second-order valence-electron chi connectivity index (χ2n) is 4.52. The summed E-state index contributed by atoms with van der Waals surface area (Å²) < 4.78 is 0. The summed E-state index contributed by atoms with van der Waals surface area (Å²) in [6.07, 6.45) is 4.55. The monoisotopic (exact) mass is 215 g/mol. The van der Waals surface area contributed by atoms with E-state index in [1.54, 1.807) is 0 Å². The van der Waals surface area contributed by atoms with Crippen molar-refractivity contribution in [3.63, 3.8) is 0 Å². The van der Waals surface area contributed by atoms with Gasteiger partial charge in [0, 0.05) is 18.5 Å². The number of aliphatic hydroxyl groups is 1. The first-order chi connectivity index (χ1) is 7.08. The molecule has 0 bridgehead atoms. The molecule has 0 aromatic carbocycles. The van der Waals surface area contributed by atoms with Gasteiger partial charge in [-0.3, -0.25) is 4.79 Å². The third-order valence-electron chi connectivity index (χ3n) is 2.96. The highest BCUT2D eigenvalue weighted by molar-refractivity contribution is 5.66. The lowest BCUT2D eigenvalue weighted by Crippen LogP contribution is -2.41. The summed E-state index contributed by atoms with van der Waals surface area (Å²) in [6.45, 7) is 2.00. The molecule has 88 valence electrons. The first-order valence-electron chi connectivity index (χ1n) is 5.74. The normalized spacial score (nSPS) is 28.7. The molecule has 4 nitrogen and oxygen atoms in total. The molecule has 3 N–H and O–H groups in total. The molecule has 0 saturated heterocycles. The number of aliphatic carboxylic acids is 1. The van der Waals surface area contributed by atoms with E-state index in [-0.39, 0.29) is 18.6 Å². The summed E-state index contributed by atoms with van der Waals surface area (Å²) in [5, 5.41) is 21.4. The molecule has 1 aliphatic rings. The molecule has 3 unspecified atom stereocenters. The molecule has 4 heteroatoms. The Morgan fingerprint density at radius 1 is 1.53 bits per heavy atom. The van der Waals surface area contributed by atoms with Crippen LogP contribution in [0.15, 0.2) is 0 Å². The fraction of sp³-hybridized carbons (Fsp3) is 0.909. The lowest BCUT2D eigenvalue weighted by molar-refractivity contribution is -0.137. The molecule has 0 radical (unpaired) electrons. The fourth-order valence-corrected chi connectivity index (χ4v) is 2.14. The summed E-state index contributed by atoms with van der Waals surface area (Å²) in [5.41, 5.74) is 0. The SMILES string of the molecule is CC(CCC(=O)O)NC1CCCC(O)C1. The van der Waals surface area contributed by atoms with Crippen molar-refractivity contribution in [2.45, 2.75) is 63.6 Å². The summed E-state index contributed by atoms with van der Waals surface area (Å²) >= 11 is 0. The summed E-state index contributed by atoms with van der Waals surface area (Å²) in [6, 6.07) is 0.578. The first kappa shape index (κ1) is 12.5. The zero-order valence-electron chi connectivity index (χ0n) is 9.28. The van der Waals surface area contributed by atoms with Gasteiger partial charge in [0.15, 0.2) is 0 Å². The van der Waals surface area contributed by atoms with Gasteiger partial charge in [0.2, 0.25) is 0 Å². The maximum atomic E-state index is 10.4. The summed E-state index contributed by atoms with van der Waals surface area (Å²) in [5.74, 6) is -0.743. The number of rotatable bonds is 5. The molecule has 0 aromatic heterocycles. The molecule has 1 rings (SSSR count). The number of aliphatic hydroxyl groups excluding tert-OH is 1. The predicted molar refractivity (Wildman–Crippen MR) is 57.7 cm³/mol. The van der Waals surface area contributed by atoms with Gasteiger partial charge in [0.1, 0.15) is 0 Å². The van der Waals surface area contributed by atoms with Gasteiger partial charge in [-0.15, -0.1) is 0 Å². The van der Waals surface area contributed by atoms with E-state index in [1.807, 2.05) is 6.92 Å². The van der Waals surface area contributed by atoms with E-state index in [0.717, 1.165) is 25.7 Å². The first-order valence-corrected chi connectivity index (χ1v) is 5.74. The molecule has 1 aliphatic carbocycles. The third-order valence-corrected chi connectivity index (χ3v) is 2.96. The second kappa shape index (κ2) is 6.08. The Morgan fingerprint density at radius 2 is 2.27 bits per heavy atom. The lowest BCUT2D eigenvalue weighted by Gasteiger charge is -2.29. The van der Waals surface area contributed by atoms with Crippen molar-refractivity contribution in [3.8, 4) is 0 Å². The van der Waals surface area contributed by atoms with Crippen molar-refractivity contribution < 1.29 is 15.0 Å². The smallest absolute Gasteiger partial charge is 0.303 e. The summed E-state index contributed by atoms with van der Waals surface area (Å²) in [4.78, 5) is 10.4. The van der Waals surface area contributed by atoms with Crippen molar-refractivity contribution in [1.29, 1.82) is 0 Å². The molecule has 0 aliphatic heterocycles. The van der Waals surface area contributed by atoms with Crippen LogP contribution in [0.2, 0.25) is 0 Å². The van der Waals surface area contributed by atoms with Crippen LogP contribution in [0.1, 0.15) is 45.4 Å². The zero-order valence-corrected chi connectivity index (χ0v) is 9.28. The molecule has 0 amide bonds. The molecule has 0 heterocycles. The van der Waals surface area contributed by atoms with E-state index in [4.69, 9.17) is 5.11 Å². The van der Waals surface area contributed by atoms with Crippen molar-refractivity contribution in [3.05, 3.63) is 0 Å². The fourth-order valence-electron chi connectivity index (χ4n) is 2.14. The second-order valence-corrected chi connectivity index (χ2v) is 4.52. The molecule has 3 atom stereocenters. The molecule has 1 saturated carbocycles. The third kappa shape index (κ3) is 5.14. The number of hydrogen-bond donors (Lipinski definition) is 3. The van der Waals surface area contributed by atoms with Gasteiger partial charge in [-0.1, -0.05) is 0 Å². The van der Waals surface area contributed by atoms with Gasteiger partial charge < -0.3 is 15.5 Å². The number of carboxylic acids is 1. The van der Waals surface area contributed by atoms with Crippen molar-refractivity contribution in [2.75, 3.05) is 0 Å². The molecule has 1 fully saturated rings. The maximum Gasteiger partial charge on any atom is 0.303 e. The topological polar surface area (TPSA) is 69.6 Å². The van der Waals surface area contributed by atoms with Gasteiger partial charge >= 0.3 is 5.97 Å². The molecular weight excluding hydrogens is 194 g/mol. The highest BCUT2D eigenvalue weighted by atomic mass is 16.4. The van der Waals surface area contributed by atoms with Crippen molar-refractivity contribution >= 4 is 5.97 Å². The number of carboxylic acid groups (broad SMARTS) is 1. The highest BCUT2D eigenvalue weighted by Gasteiger charge is 2.21. The Kier molecular flexibility index (Phi) is 5.05. The molecule has 15 heavy (non-hydrogen) atoms. The van der Waals surface area contributed by atoms with Crippen LogP contribution < -0.4 is 5.32 Å². The van der Waals surface area contributed by atoms with Gasteiger partial charge in [-0.25, -0.2) is 0 Å². The summed E-state index contributed by atoms with van der Waals surface area (Å²) in [7, 11) is 0. The van der Waals surface area contributed by atoms with E-state index in [1.165, 1.54) is 0 Å².